The van der Waals surface area contributed by atoms with Crippen molar-refractivity contribution in [1.82, 2.24) is 9.88 Å². The minimum atomic E-state index is -1.04. The first-order chi connectivity index (χ1) is 10.1. The van der Waals surface area contributed by atoms with Crippen LogP contribution in [0.25, 0.3) is 0 Å². The van der Waals surface area contributed by atoms with Gasteiger partial charge < -0.3 is 10.0 Å². The molecule has 0 fully saturated rings. The second-order valence-electron chi connectivity index (χ2n) is 4.72. The quantitative estimate of drug-likeness (QED) is 0.912. The largest absolute Gasteiger partial charge is 0.478 e. The lowest BCUT2D eigenvalue weighted by Crippen LogP contribution is -2.29. The monoisotopic (exact) mass is 284 g/mol. The first-order valence-electron chi connectivity index (χ1n) is 6.55. The summed E-state index contributed by atoms with van der Waals surface area (Å²) in [6.07, 6.45) is 4.16. The number of pyridine rings is 1. The van der Waals surface area contributed by atoms with Gasteiger partial charge in [0.1, 0.15) is 0 Å². The van der Waals surface area contributed by atoms with Crippen molar-refractivity contribution < 1.29 is 14.7 Å². The Morgan fingerprint density at radius 2 is 1.81 bits per heavy atom. The molecule has 0 atom stereocenters. The van der Waals surface area contributed by atoms with Gasteiger partial charge in [-0.2, -0.15) is 0 Å². The Kier molecular flexibility index (Phi) is 4.66. The summed E-state index contributed by atoms with van der Waals surface area (Å²) in [5, 5.41) is 8.95. The van der Waals surface area contributed by atoms with E-state index in [1.807, 2.05) is 12.1 Å². The molecule has 0 bridgehead atoms. The number of nitrogens with zero attached hydrogens (tertiary/aromatic N) is 2. The van der Waals surface area contributed by atoms with Gasteiger partial charge in [0.2, 0.25) is 0 Å². The molecule has 0 saturated heterocycles. The molecule has 0 radical (unpaired) electrons. The van der Waals surface area contributed by atoms with Gasteiger partial charge in [0.25, 0.3) is 5.91 Å². The standard InChI is InChI=1S/C16H16N2O3/c1-18(10-7-12-5-8-17-9-6-12)15(19)13-3-2-4-14(11-13)16(20)21/h2-6,8-9,11H,7,10H2,1H3,(H,20,21). The zero-order valence-corrected chi connectivity index (χ0v) is 11.7. The molecule has 1 amide bonds. The lowest BCUT2D eigenvalue weighted by atomic mass is 10.1. The van der Waals surface area contributed by atoms with Gasteiger partial charge in [-0.3, -0.25) is 9.78 Å². The molecule has 0 aliphatic carbocycles. The molecule has 5 heteroatoms. The van der Waals surface area contributed by atoms with Crippen molar-refractivity contribution in [1.29, 1.82) is 0 Å². The summed E-state index contributed by atoms with van der Waals surface area (Å²) in [4.78, 5) is 28.7. The van der Waals surface area contributed by atoms with Crippen LogP contribution in [-0.4, -0.2) is 40.5 Å². The van der Waals surface area contributed by atoms with Gasteiger partial charge >= 0.3 is 5.97 Å². The van der Waals surface area contributed by atoms with Crippen LogP contribution >= 0.6 is 0 Å². The fraction of sp³-hybridized carbons (Fsp3) is 0.188. The molecule has 1 aromatic heterocycles. The molecule has 0 saturated carbocycles. The van der Waals surface area contributed by atoms with Gasteiger partial charge in [-0.25, -0.2) is 4.79 Å². The molecule has 0 unspecified atom stereocenters. The number of carboxylic acid groups (broad SMARTS) is 1. The van der Waals surface area contributed by atoms with Crippen molar-refractivity contribution in [3.8, 4) is 0 Å². The number of likely N-dealkylation sites (N-methyl/N-ethyl adjacent to an activating group) is 1. The molecule has 21 heavy (non-hydrogen) atoms. The van der Waals surface area contributed by atoms with Crippen LogP contribution in [0.2, 0.25) is 0 Å². The predicted octanol–water partition coefficient (Wildman–Crippen LogP) is 2.09. The zero-order valence-electron chi connectivity index (χ0n) is 11.7. The number of carbonyl (C=O) groups excluding carboxylic acids is 1. The van der Waals surface area contributed by atoms with Crippen molar-refractivity contribution in [3.63, 3.8) is 0 Å². The van der Waals surface area contributed by atoms with E-state index in [0.29, 0.717) is 12.1 Å². The van der Waals surface area contributed by atoms with Gasteiger partial charge in [-0.05, 0) is 42.3 Å². The normalized spacial score (nSPS) is 10.1. The molecule has 0 aliphatic heterocycles. The Balaban J connectivity index is 2.02. The van der Waals surface area contributed by atoms with E-state index in [0.717, 1.165) is 12.0 Å². The van der Waals surface area contributed by atoms with Crippen molar-refractivity contribution in [2.45, 2.75) is 6.42 Å². The highest BCUT2D eigenvalue weighted by Crippen LogP contribution is 2.09. The van der Waals surface area contributed by atoms with E-state index in [2.05, 4.69) is 4.98 Å². The van der Waals surface area contributed by atoms with Crippen molar-refractivity contribution in [3.05, 3.63) is 65.5 Å². The van der Waals surface area contributed by atoms with Crippen LogP contribution in [0.3, 0.4) is 0 Å². The van der Waals surface area contributed by atoms with Crippen LogP contribution in [0.15, 0.2) is 48.8 Å². The van der Waals surface area contributed by atoms with E-state index in [4.69, 9.17) is 5.11 Å². The number of aromatic carboxylic acids is 1. The number of carboxylic acids is 1. The van der Waals surface area contributed by atoms with Crippen LogP contribution in [-0.2, 0) is 6.42 Å². The third-order valence-electron chi connectivity index (χ3n) is 3.19. The molecule has 0 spiro atoms. The second-order valence-corrected chi connectivity index (χ2v) is 4.72. The average molecular weight is 284 g/mol. The Hall–Kier alpha value is -2.69. The SMILES string of the molecule is CN(CCc1ccncc1)C(=O)c1cccc(C(=O)O)c1. The molecule has 108 valence electrons. The highest BCUT2D eigenvalue weighted by Gasteiger charge is 2.13. The first-order valence-corrected chi connectivity index (χ1v) is 6.55. The van der Waals surface area contributed by atoms with Gasteiger partial charge in [-0.15, -0.1) is 0 Å². The van der Waals surface area contributed by atoms with Crippen molar-refractivity contribution >= 4 is 11.9 Å². The van der Waals surface area contributed by atoms with E-state index in [1.54, 1.807) is 36.5 Å². The summed E-state index contributed by atoms with van der Waals surface area (Å²) in [5.74, 6) is -1.23. The van der Waals surface area contributed by atoms with E-state index in [-0.39, 0.29) is 11.5 Å². The summed E-state index contributed by atoms with van der Waals surface area (Å²) < 4.78 is 0. The molecule has 1 N–H and O–H groups in total. The zero-order chi connectivity index (χ0) is 15.2. The van der Waals surface area contributed by atoms with E-state index in [1.165, 1.54) is 12.1 Å². The van der Waals surface area contributed by atoms with E-state index in [9.17, 15) is 9.59 Å². The molecule has 2 rings (SSSR count). The topological polar surface area (TPSA) is 70.5 Å². The summed E-state index contributed by atoms with van der Waals surface area (Å²) >= 11 is 0. The van der Waals surface area contributed by atoms with Crippen LogP contribution < -0.4 is 0 Å². The summed E-state index contributed by atoms with van der Waals surface area (Å²) in [7, 11) is 1.71. The smallest absolute Gasteiger partial charge is 0.335 e. The number of aromatic nitrogens is 1. The highest BCUT2D eigenvalue weighted by atomic mass is 16.4. The third kappa shape index (κ3) is 3.89. The third-order valence-corrected chi connectivity index (χ3v) is 3.19. The fourth-order valence-electron chi connectivity index (χ4n) is 1.95. The molecular weight excluding hydrogens is 268 g/mol. The number of benzene rings is 1. The van der Waals surface area contributed by atoms with Gasteiger partial charge in [0.05, 0.1) is 5.56 Å². The number of rotatable bonds is 5. The van der Waals surface area contributed by atoms with Crippen LogP contribution in [0.5, 0.6) is 0 Å². The molecular formula is C16H16N2O3. The van der Waals surface area contributed by atoms with Crippen molar-refractivity contribution in [2.24, 2.45) is 0 Å². The number of hydrogen-bond donors (Lipinski definition) is 1. The number of hydrogen-bond acceptors (Lipinski definition) is 3. The minimum absolute atomic E-state index is 0.114. The minimum Gasteiger partial charge on any atom is -0.478 e. The van der Waals surface area contributed by atoms with E-state index >= 15 is 0 Å². The van der Waals surface area contributed by atoms with Gasteiger partial charge in [0, 0.05) is 31.5 Å². The molecule has 0 aliphatic rings. The molecule has 2 aromatic rings. The number of carbonyl (C=O) groups is 2. The predicted molar refractivity (Wildman–Crippen MR) is 78.3 cm³/mol. The lowest BCUT2D eigenvalue weighted by Gasteiger charge is -2.17. The number of amides is 1. The van der Waals surface area contributed by atoms with Gasteiger partial charge in [0.15, 0.2) is 0 Å². The molecule has 1 heterocycles. The van der Waals surface area contributed by atoms with Crippen LogP contribution in [0, 0.1) is 0 Å². The maximum atomic E-state index is 12.3. The Morgan fingerprint density at radius 1 is 1.14 bits per heavy atom. The maximum Gasteiger partial charge on any atom is 0.335 e. The van der Waals surface area contributed by atoms with Crippen LogP contribution in [0.4, 0.5) is 0 Å². The Bertz CT molecular complexity index is 641. The molecule has 1 aromatic carbocycles. The Labute approximate surface area is 122 Å². The fourth-order valence-corrected chi connectivity index (χ4v) is 1.95. The first kappa shape index (κ1) is 14.7. The average Bonchev–Trinajstić information content (AvgIpc) is 2.53. The highest BCUT2D eigenvalue weighted by molar-refractivity contribution is 5.97. The van der Waals surface area contributed by atoms with Crippen LogP contribution in [0.1, 0.15) is 26.3 Å². The van der Waals surface area contributed by atoms with Crippen molar-refractivity contribution in [2.75, 3.05) is 13.6 Å². The molecule has 5 nitrogen and oxygen atoms in total. The maximum absolute atomic E-state index is 12.3. The summed E-state index contributed by atoms with van der Waals surface area (Å²) in [5.41, 5.74) is 1.60. The van der Waals surface area contributed by atoms with E-state index < -0.39 is 5.97 Å². The summed E-state index contributed by atoms with van der Waals surface area (Å²) in [6, 6.07) is 9.88. The lowest BCUT2D eigenvalue weighted by molar-refractivity contribution is 0.0697. The summed E-state index contributed by atoms with van der Waals surface area (Å²) in [6.45, 7) is 0.556. The Morgan fingerprint density at radius 3 is 2.48 bits per heavy atom. The second kappa shape index (κ2) is 6.65. The van der Waals surface area contributed by atoms with Gasteiger partial charge in [-0.1, -0.05) is 6.07 Å².